The van der Waals surface area contributed by atoms with Gasteiger partial charge < -0.3 is 10.5 Å². The minimum atomic E-state index is -0.332. The molecule has 2 N–H and O–H groups in total. The van der Waals surface area contributed by atoms with Crippen molar-refractivity contribution in [2.45, 2.75) is 6.92 Å². The average Bonchev–Trinajstić information content (AvgIpc) is 2.29. The van der Waals surface area contributed by atoms with E-state index in [9.17, 15) is 4.39 Å². The van der Waals surface area contributed by atoms with Gasteiger partial charge in [-0.15, -0.1) is 0 Å². The molecule has 0 unspecified atom stereocenters. The van der Waals surface area contributed by atoms with Gasteiger partial charge in [0.1, 0.15) is 11.6 Å². The SMILES string of the molecule is Cc1ccc(Oc2cc(F)c(I)cc2N)cc1. The third-order valence-corrected chi connectivity index (χ3v) is 3.13. The monoisotopic (exact) mass is 343 g/mol. The largest absolute Gasteiger partial charge is 0.455 e. The summed E-state index contributed by atoms with van der Waals surface area (Å²) < 4.78 is 19.4. The first-order valence-corrected chi connectivity index (χ1v) is 6.13. The third kappa shape index (κ3) is 2.88. The first-order valence-electron chi connectivity index (χ1n) is 5.05. The van der Waals surface area contributed by atoms with Gasteiger partial charge in [0.25, 0.3) is 0 Å². The number of anilines is 1. The van der Waals surface area contributed by atoms with Crippen LogP contribution in [0, 0.1) is 16.3 Å². The quantitative estimate of drug-likeness (QED) is 0.658. The Morgan fingerprint density at radius 3 is 2.47 bits per heavy atom. The van der Waals surface area contributed by atoms with Crippen molar-refractivity contribution in [3.05, 3.63) is 51.3 Å². The molecule has 2 aromatic carbocycles. The Morgan fingerprint density at radius 1 is 1.18 bits per heavy atom. The minimum absolute atomic E-state index is 0.332. The van der Waals surface area contributed by atoms with Crippen LogP contribution in [0.5, 0.6) is 11.5 Å². The normalized spacial score (nSPS) is 10.3. The third-order valence-electron chi connectivity index (χ3n) is 2.30. The van der Waals surface area contributed by atoms with E-state index in [1.54, 1.807) is 6.07 Å². The molecule has 88 valence electrons. The van der Waals surface area contributed by atoms with E-state index in [0.29, 0.717) is 20.8 Å². The molecule has 2 rings (SSSR count). The highest BCUT2D eigenvalue weighted by atomic mass is 127. The number of rotatable bonds is 2. The van der Waals surface area contributed by atoms with E-state index >= 15 is 0 Å². The van der Waals surface area contributed by atoms with Crippen molar-refractivity contribution in [2.75, 3.05) is 5.73 Å². The number of ether oxygens (including phenoxy) is 1. The number of benzene rings is 2. The maximum absolute atomic E-state index is 13.4. The summed E-state index contributed by atoms with van der Waals surface area (Å²) in [6, 6.07) is 10.4. The predicted octanol–water partition coefficient (Wildman–Crippen LogP) is 4.11. The second-order valence-electron chi connectivity index (χ2n) is 3.72. The fourth-order valence-electron chi connectivity index (χ4n) is 1.37. The van der Waals surface area contributed by atoms with Crippen LogP contribution >= 0.6 is 22.6 Å². The van der Waals surface area contributed by atoms with Crippen LogP contribution in [-0.2, 0) is 0 Å². The molecule has 0 aromatic heterocycles. The lowest BCUT2D eigenvalue weighted by Gasteiger charge is -2.09. The van der Waals surface area contributed by atoms with Crippen molar-refractivity contribution in [3.63, 3.8) is 0 Å². The molecule has 0 aliphatic carbocycles. The van der Waals surface area contributed by atoms with Crippen molar-refractivity contribution < 1.29 is 9.13 Å². The Bertz CT molecular complexity index is 540. The summed E-state index contributed by atoms with van der Waals surface area (Å²) in [6.07, 6.45) is 0. The van der Waals surface area contributed by atoms with Crippen molar-refractivity contribution in [1.82, 2.24) is 0 Å². The zero-order valence-electron chi connectivity index (χ0n) is 9.21. The topological polar surface area (TPSA) is 35.2 Å². The van der Waals surface area contributed by atoms with Gasteiger partial charge in [0, 0.05) is 6.07 Å². The molecule has 0 radical (unpaired) electrons. The summed E-state index contributed by atoms with van der Waals surface area (Å²) in [7, 11) is 0. The Labute approximate surface area is 113 Å². The fraction of sp³-hybridized carbons (Fsp3) is 0.0769. The molecular weight excluding hydrogens is 332 g/mol. The van der Waals surface area contributed by atoms with Crippen LogP contribution < -0.4 is 10.5 Å². The molecule has 17 heavy (non-hydrogen) atoms. The summed E-state index contributed by atoms with van der Waals surface area (Å²) in [6.45, 7) is 1.99. The van der Waals surface area contributed by atoms with Gasteiger partial charge in [-0.2, -0.15) is 0 Å². The van der Waals surface area contributed by atoms with E-state index in [2.05, 4.69) is 0 Å². The molecule has 0 aliphatic heterocycles. The summed E-state index contributed by atoms with van der Waals surface area (Å²) >= 11 is 1.89. The van der Waals surface area contributed by atoms with E-state index in [1.165, 1.54) is 6.07 Å². The lowest BCUT2D eigenvalue weighted by atomic mass is 10.2. The summed E-state index contributed by atoms with van der Waals surface area (Å²) in [4.78, 5) is 0. The van der Waals surface area contributed by atoms with E-state index < -0.39 is 0 Å². The highest BCUT2D eigenvalue weighted by molar-refractivity contribution is 14.1. The van der Waals surface area contributed by atoms with E-state index in [-0.39, 0.29) is 5.82 Å². The second-order valence-corrected chi connectivity index (χ2v) is 4.88. The maximum Gasteiger partial charge on any atom is 0.153 e. The highest BCUT2D eigenvalue weighted by Gasteiger charge is 2.07. The Balaban J connectivity index is 2.30. The Kier molecular flexibility index (Phi) is 3.51. The van der Waals surface area contributed by atoms with Gasteiger partial charge >= 0.3 is 0 Å². The molecule has 0 aliphatic rings. The Hall–Kier alpha value is -1.30. The molecule has 4 heteroatoms. The second kappa shape index (κ2) is 4.91. The predicted molar refractivity (Wildman–Crippen MR) is 74.8 cm³/mol. The van der Waals surface area contributed by atoms with Gasteiger partial charge in [0.05, 0.1) is 9.26 Å². The Morgan fingerprint density at radius 2 is 1.82 bits per heavy atom. The number of halogens is 2. The number of aryl methyl sites for hydroxylation is 1. The molecule has 0 amide bonds. The first kappa shape index (κ1) is 12.2. The van der Waals surface area contributed by atoms with Gasteiger partial charge in [-0.1, -0.05) is 17.7 Å². The van der Waals surface area contributed by atoms with Gasteiger partial charge in [0.15, 0.2) is 5.75 Å². The van der Waals surface area contributed by atoms with Crippen molar-refractivity contribution in [2.24, 2.45) is 0 Å². The fourth-order valence-corrected chi connectivity index (χ4v) is 1.86. The molecule has 0 atom stereocenters. The van der Waals surface area contributed by atoms with Crippen LogP contribution in [0.3, 0.4) is 0 Å². The molecule has 0 saturated heterocycles. The molecule has 0 bridgehead atoms. The van der Waals surface area contributed by atoms with Gasteiger partial charge in [0.2, 0.25) is 0 Å². The van der Waals surface area contributed by atoms with Crippen LogP contribution in [0.15, 0.2) is 36.4 Å². The lowest BCUT2D eigenvalue weighted by Crippen LogP contribution is -1.95. The molecule has 0 spiro atoms. The molecule has 2 nitrogen and oxygen atoms in total. The summed E-state index contributed by atoms with van der Waals surface area (Å²) in [5.41, 5.74) is 7.34. The summed E-state index contributed by atoms with van der Waals surface area (Å²) in [5.74, 6) is 0.650. The molecular formula is C13H11FINO. The van der Waals surface area contributed by atoms with Crippen LogP contribution in [0.25, 0.3) is 0 Å². The average molecular weight is 343 g/mol. The number of nitrogen functional groups attached to an aromatic ring is 1. The van der Waals surface area contributed by atoms with E-state index in [1.807, 2.05) is 53.8 Å². The maximum atomic E-state index is 13.4. The lowest BCUT2D eigenvalue weighted by molar-refractivity contribution is 0.478. The molecule has 0 heterocycles. The molecule has 2 aromatic rings. The van der Waals surface area contributed by atoms with E-state index in [0.717, 1.165) is 5.56 Å². The first-order chi connectivity index (χ1) is 8.06. The zero-order chi connectivity index (χ0) is 12.4. The number of hydrogen-bond donors (Lipinski definition) is 1. The van der Waals surface area contributed by atoms with Crippen LogP contribution in [0.1, 0.15) is 5.56 Å². The van der Waals surface area contributed by atoms with Crippen molar-refractivity contribution in [3.8, 4) is 11.5 Å². The van der Waals surface area contributed by atoms with Crippen LogP contribution in [-0.4, -0.2) is 0 Å². The van der Waals surface area contributed by atoms with Crippen molar-refractivity contribution in [1.29, 1.82) is 0 Å². The smallest absolute Gasteiger partial charge is 0.153 e. The summed E-state index contributed by atoms with van der Waals surface area (Å²) in [5, 5.41) is 0. The van der Waals surface area contributed by atoms with E-state index in [4.69, 9.17) is 10.5 Å². The molecule has 0 fully saturated rings. The minimum Gasteiger partial charge on any atom is -0.455 e. The van der Waals surface area contributed by atoms with Gasteiger partial charge in [-0.05, 0) is 47.7 Å². The zero-order valence-corrected chi connectivity index (χ0v) is 11.4. The number of hydrogen-bond acceptors (Lipinski definition) is 2. The highest BCUT2D eigenvalue weighted by Crippen LogP contribution is 2.30. The van der Waals surface area contributed by atoms with Gasteiger partial charge in [-0.3, -0.25) is 0 Å². The van der Waals surface area contributed by atoms with Crippen molar-refractivity contribution >= 4 is 28.3 Å². The number of nitrogens with two attached hydrogens (primary N) is 1. The van der Waals surface area contributed by atoms with Gasteiger partial charge in [-0.25, -0.2) is 4.39 Å². The molecule has 0 saturated carbocycles. The standard InChI is InChI=1S/C13H11FINO/c1-8-2-4-9(5-3-8)17-13-6-10(14)11(15)7-12(13)16/h2-7H,16H2,1H3. The van der Waals surface area contributed by atoms with Crippen LogP contribution in [0.4, 0.5) is 10.1 Å². The van der Waals surface area contributed by atoms with Crippen LogP contribution in [0.2, 0.25) is 0 Å².